The van der Waals surface area contributed by atoms with Crippen LogP contribution in [0.25, 0.3) is 0 Å². The van der Waals surface area contributed by atoms with Gasteiger partial charge in [0, 0.05) is 11.4 Å². The van der Waals surface area contributed by atoms with Gasteiger partial charge in [-0.05, 0) is 24.1 Å². The van der Waals surface area contributed by atoms with E-state index in [0.29, 0.717) is 6.42 Å². The van der Waals surface area contributed by atoms with Crippen LogP contribution in [0.3, 0.4) is 0 Å². The first-order chi connectivity index (χ1) is 9.58. The van der Waals surface area contributed by atoms with Crippen LogP contribution in [0.4, 0.5) is 0 Å². The Bertz CT molecular complexity index is 670. The maximum Gasteiger partial charge on any atom is 0.199 e. The zero-order valence-corrected chi connectivity index (χ0v) is 13.1. The Kier molecular flexibility index (Phi) is 6.62. The molecule has 0 amide bonds. The van der Waals surface area contributed by atoms with Gasteiger partial charge in [0.2, 0.25) is 0 Å². The monoisotopic (exact) mass is 323 g/mol. The summed E-state index contributed by atoms with van der Waals surface area (Å²) >= 11 is 0. The van der Waals surface area contributed by atoms with Crippen molar-refractivity contribution in [3.05, 3.63) is 77.7 Å². The lowest BCUT2D eigenvalue weighted by molar-refractivity contribution is 0.604. The SMILES string of the molecule is Cl.N[C@H](C=CS(=O)(=O)c1ccccc1)Cc1ccccc1. The third kappa shape index (κ3) is 5.34. The normalized spacial score (nSPS) is 12.8. The molecule has 0 bridgehead atoms. The van der Waals surface area contributed by atoms with Crippen molar-refractivity contribution in [1.29, 1.82) is 0 Å². The van der Waals surface area contributed by atoms with E-state index in [0.717, 1.165) is 5.56 Å². The van der Waals surface area contributed by atoms with Crippen LogP contribution >= 0.6 is 12.4 Å². The number of nitrogens with two attached hydrogens (primary N) is 1. The molecule has 0 fully saturated rings. The molecule has 112 valence electrons. The molecule has 2 aromatic rings. The molecule has 21 heavy (non-hydrogen) atoms. The van der Waals surface area contributed by atoms with E-state index in [4.69, 9.17) is 5.73 Å². The average molecular weight is 324 g/mol. The molecule has 0 unspecified atom stereocenters. The van der Waals surface area contributed by atoms with Crippen LogP contribution in [0.5, 0.6) is 0 Å². The Morgan fingerprint density at radius 2 is 1.48 bits per heavy atom. The van der Waals surface area contributed by atoms with Crippen molar-refractivity contribution in [2.75, 3.05) is 0 Å². The number of rotatable bonds is 5. The molecule has 2 N–H and O–H groups in total. The number of hydrogen-bond acceptors (Lipinski definition) is 3. The predicted molar refractivity (Wildman–Crippen MR) is 88.1 cm³/mol. The van der Waals surface area contributed by atoms with E-state index in [1.165, 1.54) is 11.5 Å². The average Bonchev–Trinajstić information content (AvgIpc) is 2.47. The molecule has 3 nitrogen and oxygen atoms in total. The number of halogens is 1. The van der Waals surface area contributed by atoms with E-state index >= 15 is 0 Å². The molecule has 2 rings (SSSR count). The molecule has 0 aliphatic rings. The van der Waals surface area contributed by atoms with Crippen molar-refractivity contribution in [2.24, 2.45) is 5.73 Å². The van der Waals surface area contributed by atoms with Crippen LogP contribution in [0.15, 0.2) is 77.0 Å². The van der Waals surface area contributed by atoms with Gasteiger partial charge in [0.05, 0.1) is 4.90 Å². The van der Waals surface area contributed by atoms with E-state index in [1.807, 2.05) is 30.3 Å². The highest BCUT2D eigenvalue weighted by atomic mass is 35.5. The highest BCUT2D eigenvalue weighted by Gasteiger charge is 2.10. The minimum Gasteiger partial charge on any atom is -0.324 e. The molecule has 0 radical (unpaired) electrons. The van der Waals surface area contributed by atoms with E-state index in [2.05, 4.69) is 0 Å². The first-order valence-corrected chi connectivity index (χ1v) is 7.90. The largest absolute Gasteiger partial charge is 0.324 e. The summed E-state index contributed by atoms with van der Waals surface area (Å²) in [7, 11) is -3.41. The van der Waals surface area contributed by atoms with Crippen molar-refractivity contribution < 1.29 is 8.42 Å². The van der Waals surface area contributed by atoms with Gasteiger partial charge in [-0.2, -0.15) is 0 Å². The summed E-state index contributed by atoms with van der Waals surface area (Å²) in [5.41, 5.74) is 7.02. The number of benzene rings is 2. The Balaban J connectivity index is 0.00000220. The van der Waals surface area contributed by atoms with Gasteiger partial charge in [-0.25, -0.2) is 8.42 Å². The first-order valence-electron chi connectivity index (χ1n) is 6.36. The fraction of sp³-hybridized carbons (Fsp3) is 0.125. The van der Waals surface area contributed by atoms with Gasteiger partial charge in [-0.3, -0.25) is 0 Å². The van der Waals surface area contributed by atoms with Crippen molar-refractivity contribution >= 4 is 22.2 Å². The minimum atomic E-state index is -3.41. The Labute approximate surface area is 131 Å². The highest BCUT2D eigenvalue weighted by molar-refractivity contribution is 7.94. The molecule has 0 aromatic heterocycles. The summed E-state index contributed by atoms with van der Waals surface area (Å²) in [6.07, 6.45) is 2.15. The van der Waals surface area contributed by atoms with Crippen LogP contribution < -0.4 is 5.73 Å². The number of sulfone groups is 1. The van der Waals surface area contributed by atoms with Crippen molar-refractivity contribution in [3.8, 4) is 0 Å². The van der Waals surface area contributed by atoms with Gasteiger partial charge in [-0.15, -0.1) is 12.4 Å². The van der Waals surface area contributed by atoms with Crippen molar-refractivity contribution in [2.45, 2.75) is 17.4 Å². The molecule has 0 heterocycles. The van der Waals surface area contributed by atoms with Crippen LogP contribution in [-0.2, 0) is 16.3 Å². The Morgan fingerprint density at radius 3 is 2.05 bits per heavy atom. The molecule has 1 atom stereocenters. The quantitative estimate of drug-likeness (QED) is 0.920. The maximum absolute atomic E-state index is 12.0. The predicted octanol–water partition coefficient (Wildman–Crippen LogP) is 2.97. The fourth-order valence-electron chi connectivity index (χ4n) is 1.85. The van der Waals surface area contributed by atoms with Crippen LogP contribution in [0.2, 0.25) is 0 Å². The third-order valence-corrected chi connectivity index (χ3v) is 4.34. The van der Waals surface area contributed by atoms with Gasteiger partial charge in [0.25, 0.3) is 0 Å². The van der Waals surface area contributed by atoms with E-state index in [1.54, 1.807) is 30.3 Å². The summed E-state index contributed by atoms with van der Waals surface area (Å²) in [5, 5.41) is 1.19. The molecule has 2 aromatic carbocycles. The van der Waals surface area contributed by atoms with Gasteiger partial charge in [0.1, 0.15) is 0 Å². The minimum absolute atomic E-state index is 0. The van der Waals surface area contributed by atoms with Gasteiger partial charge < -0.3 is 5.73 Å². The molecule has 5 heteroatoms. The smallest absolute Gasteiger partial charge is 0.199 e. The first kappa shape index (κ1) is 17.4. The highest BCUT2D eigenvalue weighted by Crippen LogP contribution is 2.12. The third-order valence-electron chi connectivity index (χ3n) is 2.89. The lowest BCUT2D eigenvalue weighted by Crippen LogP contribution is -2.20. The summed E-state index contributed by atoms with van der Waals surface area (Å²) < 4.78 is 24.1. The second-order valence-corrected chi connectivity index (χ2v) is 6.37. The zero-order chi connectivity index (χ0) is 14.4. The van der Waals surface area contributed by atoms with Gasteiger partial charge >= 0.3 is 0 Å². The van der Waals surface area contributed by atoms with Crippen LogP contribution in [0, 0.1) is 0 Å². The van der Waals surface area contributed by atoms with E-state index < -0.39 is 9.84 Å². The van der Waals surface area contributed by atoms with Crippen LogP contribution in [-0.4, -0.2) is 14.5 Å². The lowest BCUT2D eigenvalue weighted by Gasteiger charge is -2.06. The summed E-state index contributed by atoms with van der Waals surface area (Å²) in [5.74, 6) is 0. The second-order valence-electron chi connectivity index (χ2n) is 4.54. The van der Waals surface area contributed by atoms with E-state index in [-0.39, 0.29) is 23.3 Å². The molecule has 0 aliphatic carbocycles. The molecular formula is C16H18ClNO2S. The standard InChI is InChI=1S/C16H17NO2S.ClH/c17-15(13-14-7-3-1-4-8-14)11-12-20(18,19)16-9-5-2-6-10-16;/h1-12,15H,13,17H2;1H/t15-;/m1./s1. The molecule has 0 saturated carbocycles. The zero-order valence-electron chi connectivity index (χ0n) is 11.4. The molecule has 0 saturated heterocycles. The summed E-state index contributed by atoms with van der Waals surface area (Å²) in [6, 6.07) is 17.8. The topological polar surface area (TPSA) is 60.2 Å². The molecule has 0 aliphatic heterocycles. The van der Waals surface area contributed by atoms with Gasteiger partial charge in [0.15, 0.2) is 9.84 Å². The number of hydrogen-bond donors (Lipinski definition) is 1. The summed E-state index contributed by atoms with van der Waals surface area (Å²) in [4.78, 5) is 0.281. The Hall–Kier alpha value is -1.62. The maximum atomic E-state index is 12.0. The summed E-state index contributed by atoms with van der Waals surface area (Å²) in [6.45, 7) is 0. The van der Waals surface area contributed by atoms with E-state index in [9.17, 15) is 8.42 Å². The second kappa shape index (κ2) is 7.98. The fourth-order valence-corrected chi connectivity index (χ4v) is 2.95. The molecule has 0 spiro atoms. The lowest BCUT2D eigenvalue weighted by atomic mass is 10.1. The van der Waals surface area contributed by atoms with Crippen molar-refractivity contribution in [1.82, 2.24) is 0 Å². The molecular weight excluding hydrogens is 306 g/mol. The van der Waals surface area contributed by atoms with Gasteiger partial charge in [-0.1, -0.05) is 54.6 Å². The van der Waals surface area contributed by atoms with Crippen molar-refractivity contribution in [3.63, 3.8) is 0 Å². The Morgan fingerprint density at radius 1 is 0.952 bits per heavy atom. The van der Waals surface area contributed by atoms with Crippen LogP contribution in [0.1, 0.15) is 5.56 Å².